The third-order valence-corrected chi connectivity index (χ3v) is 5.16. The summed E-state index contributed by atoms with van der Waals surface area (Å²) in [5, 5.41) is 0. The van der Waals surface area contributed by atoms with E-state index < -0.39 is 0 Å². The topological polar surface area (TPSA) is 81.1 Å². The van der Waals surface area contributed by atoms with Crippen molar-refractivity contribution >= 4 is 23.5 Å². The van der Waals surface area contributed by atoms with E-state index in [4.69, 9.17) is 11.5 Å². The second-order valence-corrected chi connectivity index (χ2v) is 7.19. The van der Waals surface area contributed by atoms with Crippen molar-refractivity contribution in [2.75, 3.05) is 30.0 Å². The van der Waals surface area contributed by atoms with Crippen LogP contribution in [0, 0.1) is 0 Å². The molecule has 1 aromatic heterocycles. The van der Waals surface area contributed by atoms with E-state index in [2.05, 4.69) is 45.2 Å². The number of nitrogens with two attached hydrogens (primary N) is 2. The van der Waals surface area contributed by atoms with Crippen LogP contribution < -0.4 is 16.4 Å². The fraction of sp³-hybridized carbons (Fsp3) is 0.412. The molecule has 1 aliphatic carbocycles. The summed E-state index contributed by atoms with van der Waals surface area (Å²) in [6, 6.07) is 12.8. The fourth-order valence-electron chi connectivity index (χ4n) is 2.71. The maximum absolute atomic E-state index is 5.88. The molecule has 0 unspecified atom stereocenters. The van der Waals surface area contributed by atoms with Crippen LogP contribution in [-0.2, 0) is 0 Å². The van der Waals surface area contributed by atoms with Crippen LogP contribution in [-0.4, -0.2) is 35.4 Å². The highest BCUT2D eigenvalue weighted by Crippen LogP contribution is 2.35. The standard InChI is InChI=1S/C17H23N5S/c1-22(7-8-23-14-5-3-2-4-6-14)16-11-15(20-17(19)21-16)12-9-13(18)10-12/h2-6,11-13H,7-10,18H2,1H3,(H2,19,20,21). The Morgan fingerprint density at radius 2 is 1.96 bits per heavy atom. The first kappa shape index (κ1) is 16.1. The monoisotopic (exact) mass is 329 g/mol. The van der Waals surface area contributed by atoms with Gasteiger partial charge in [-0.15, -0.1) is 11.8 Å². The number of anilines is 2. The Morgan fingerprint density at radius 1 is 1.22 bits per heavy atom. The van der Waals surface area contributed by atoms with Gasteiger partial charge in [-0.25, -0.2) is 4.98 Å². The Morgan fingerprint density at radius 3 is 2.65 bits per heavy atom. The molecule has 0 aliphatic heterocycles. The van der Waals surface area contributed by atoms with Gasteiger partial charge < -0.3 is 16.4 Å². The Kier molecular flexibility index (Phi) is 5.03. The van der Waals surface area contributed by atoms with Crippen molar-refractivity contribution in [1.82, 2.24) is 9.97 Å². The molecule has 1 heterocycles. The number of nitrogen functional groups attached to an aromatic ring is 1. The average molecular weight is 329 g/mol. The highest BCUT2D eigenvalue weighted by atomic mass is 32.2. The van der Waals surface area contributed by atoms with Gasteiger partial charge in [0.15, 0.2) is 0 Å². The molecule has 0 bridgehead atoms. The second kappa shape index (κ2) is 7.19. The van der Waals surface area contributed by atoms with Gasteiger partial charge in [-0.05, 0) is 25.0 Å². The van der Waals surface area contributed by atoms with Gasteiger partial charge in [0, 0.05) is 42.3 Å². The van der Waals surface area contributed by atoms with E-state index in [0.29, 0.717) is 17.9 Å². The van der Waals surface area contributed by atoms with E-state index in [1.165, 1.54) is 4.90 Å². The zero-order valence-corrected chi connectivity index (χ0v) is 14.2. The first-order chi connectivity index (χ1) is 11.1. The first-order valence-corrected chi connectivity index (χ1v) is 8.89. The summed E-state index contributed by atoms with van der Waals surface area (Å²) >= 11 is 1.84. The van der Waals surface area contributed by atoms with Crippen molar-refractivity contribution in [3.05, 3.63) is 42.1 Å². The van der Waals surface area contributed by atoms with E-state index in [1.54, 1.807) is 0 Å². The van der Waals surface area contributed by atoms with Gasteiger partial charge >= 0.3 is 0 Å². The van der Waals surface area contributed by atoms with Crippen LogP contribution in [0.4, 0.5) is 11.8 Å². The minimum absolute atomic E-state index is 0.305. The van der Waals surface area contributed by atoms with Crippen molar-refractivity contribution in [2.45, 2.75) is 29.7 Å². The molecule has 0 spiro atoms. The number of nitrogens with zero attached hydrogens (tertiary/aromatic N) is 3. The van der Waals surface area contributed by atoms with Crippen LogP contribution in [0.25, 0.3) is 0 Å². The predicted molar refractivity (Wildman–Crippen MR) is 96.8 cm³/mol. The summed E-state index contributed by atoms with van der Waals surface area (Å²) in [6.45, 7) is 0.902. The summed E-state index contributed by atoms with van der Waals surface area (Å²) in [6.07, 6.45) is 1.98. The SMILES string of the molecule is CN(CCSc1ccccc1)c1cc(C2CC(N)C2)nc(N)n1. The molecule has 2 aromatic rings. The lowest BCUT2D eigenvalue weighted by Gasteiger charge is -2.32. The maximum atomic E-state index is 5.88. The number of benzene rings is 1. The van der Waals surface area contributed by atoms with Crippen molar-refractivity contribution < 1.29 is 0 Å². The highest BCUT2D eigenvalue weighted by Gasteiger charge is 2.29. The summed E-state index contributed by atoms with van der Waals surface area (Å²) in [4.78, 5) is 12.2. The van der Waals surface area contributed by atoms with Crippen LogP contribution in [0.2, 0.25) is 0 Å². The molecule has 6 heteroatoms. The van der Waals surface area contributed by atoms with Gasteiger partial charge in [-0.3, -0.25) is 0 Å². The van der Waals surface area contributed by atoms with Gasteiger partial charge in [-0.1, -0.05) is 18.2 Å². The Hall–Kier alpha value is -1.79. The number of aromatic nitrogens is 2. The lowest BCUT2D eigenvalue weighted by molar-refractivity contribution is 0.345. The molecule has 1 aromatic carbocycles. The van der Waals surface area contributed by atoms with Crippen LogP contribution >= 0.6 is 11.8 Å². The van der Waals surface area contributed by atoms with Crippen molar-refractivity contribution in [1.29, 1.82) is 0 Å². The summed E-state index contributed by atoms with van der Waals surface area (Å²) in [5.41, 5.74) is 12.8. The fourth-order valence-corrected chi connectivity index (χ4v) is 3.66. The zero-order valence-electron chi connectivity index (χ0n) is 13.4. The molecule has 0 saturated heterocycles. The number of hydrogen-bond acceptors (Lipinski definition) is 6. The van der Waals surface area contributed by atoms with E-state index in [-0.39, 0.29) is 0 Å². The minimum Gasteiger partial charge on any atom is -0.368 e. The molecule has 5 nitrogen and oxygen atoms in total. The molecule has 0 atom stereocenters. The van der Waals surface area contributed by atoms with E-state index in [1.807, 2.05) is 24.9 Å². The summed E-state index contributed by atoms with van der Waals surface area (Å²) in [7, 11) is 2.05. The minimum atomic E-state index is 0.305. The van der Waals surface area contributed by atoms with Gasteiger partial charge in [0.25, 0.3) is 0 Å². The number of hydrogen-bond donors (Lipinski definition) is 2. The number of rotatable bonds is 6. The quantitative estimate of drug-likeness (QED) is 0.793. The molecule has 4 N–H and O–H groups in total. The largest absolute Gasteiger partial charge is 0.368 e. The number of thioether (sulfide) groups is 1. The third kappa shape index (κ3) is 4.14. The van der Waals surface area contributed by atoms with Crippen LogP contribution in [0.5, 0.6) is 0 Å². The normalized spacial score (nSPS) is 20.1. The van der Waals surface area contributed by atoms with Crippen molar-refractivity contribution in [3.8, 4) is 0 Å². The van der Waals surface area contributed by atoms with Gasteiger partial charge in [-0.2, -0.15) is 4.98 Å². The molecule has 23 heavy (non-hydrogen) atoms. The van der Waals surface area contributed by atoms with Crippen molar-refractivity contribution in [3.63, 3.8) is 0 Å². The summed E-state index contributed by atoms with van der Waals surface area (Å²) in [5.74, 6) is 2.66. The Bertz CT molecular complexity index is 643. The molecule has 1 saturated carbocycles. The van der Waals surface area contributed by atoms with Crippen LogP contribution in [0.3, 0.4) is 0 Å². The van der Waals surface area contributed by atoms with Crippen LogP contribution in [0.15, 0.2) is 41.3 Å². The van der Waals surface area contributed by atoms with Gasteiger partial charge in [0.05, 0.1) is 5.69 Å². The second-order valence-electron chi connectivity index (χ2n) is 6.02. The molecular weight excluding hydrogens is 306 g/mol. The van der Waals surface area contributed by atoms with Crippen LogP contribution in [0.1, 0.15) is 24.5 Å². The maximum Gasteiger partial charge on any atom is 0.222 e. The third-order valence-electron chi connectivity index (χ3n) is 4.17. The van der Waals surface area contributed by atoms with Gasteiger partial charge in [0.2, 0.25) is 5.95 Å². The lowest BCUT2D eigenvalue weighted by atomic mass is 9.78. The van der Waals surface area contributed by atoms with Gasteiger partial charge in [0.1, 0.15) is 5.82 Å². The molecule has 0 amide bonds. The Labute approximate surface area is 141 Å². The Balaban J connectivity index is 1.59. The van der Waals surface area contributed by atoms with Crippen molar-refractivity contribution in [2.24, 2.45) is 5.73 Å². The average Bonchev–Trinajstić information content (AvgIpc) is 2.52. The molecular formula is C17H23N5S. The van der Waals surface area contributed by atoms with E-state index in [0.717, 1.165) is 36.7 Å². The molecule has 122 valence electrons. The first-order valence-electron chi connectivity index (χ1n) is 7.91. The zero-order chi connectivity index (χ0) is 16.2. The molecule has 3 rings (SSSR count). The van der Waals surface area contributed by atoms with E-state index in [9.17, 15) is 0 Å². The van der Waals surface area contributed by atoms with E-state index >= 15 is 0 Å². The molecule has 1 aliphatic rings. The lowest BCUT2D eigenvalue weighted by Crippen LogP contribution is -2.35. The highest BCUT2D eigenvalue weighted by molar-refractivity contribution is 7.99. The molecule has 1 fully saturated rings. The smallest absolute Gasteiger partial charge is 0.222 e. The predicted octanol–water partition coefficient (Wildman–Crippen LogP) is 2.49. The molecule has 0 radical (unpaired) electrons. The summed E-state index contributed by atoms with van der Waals surface area (Å²) < 4.78 is 0.